The summed E-state index contributed by atoms with van der Waals surface area (Å²) in [7, 11) is 0. The fourth-order valence-electron chi connectivity index (χ4n) is 6.68. The van der Waals surface area contributed by atoms with Gasteiger partial charge >= 0.3 is 6.01 Å². The third-order valence-corrected chi connectivity index (χ3v) is 9.35. The molecule has 44 heavy (non-hydrogen) atoms. The number of hydrogen-bond donors (Lipinski definition) is 0. The molecule has 1 unspecified atom stereocenters. The second kappa shape index (κ2) is 12.6. The summed E-state index contributed by atoms with van der Waals surface area (Å²) in [5.74, 6) is -1.01. The van der Waals surface area contributed by atoms with Gasteiger partial charge in [-0.2, -0.15) is 9.97 Å². The molecule has 9 nitrogen and oxygen atoms in total. The molecule has 0 saturated carbocycles. The minimum absolute atomic E-state index is 0.0640. The number of carbonyl (C=O) groups is 1. The average molecular weight is 618 g/mol. The standard InChI is InChI=1S/C33H37ClFN7O2/c1-21(2)41-14-11-24(41)20-44-33-37-28-19-39(29-10-6-8-23-7-5-9-27(34)30(23)29)13-12-26(28)31(38-33)40-15-16-42(32(43)22(3)35)25(18-40)17-36-4/h5-10,21,24-25H,3,11-20H2,1-2H3/t24?,25-/m0/s1. The third kappa shape index (κ3) is 5.78. The second-order valence-corrected chi connectivity index (χ2v) is 12.4. The van der Waals surface area contributed by atoms with E-state index < -0.39 is 17.8 Å². The molecule has 2 atom stereocenters. The Labute approximate surface area is 262 Å². The first kappa shape index (κ1) is 30.1. The van der Waals surface area contributed by atoms with Crippen LogP contribution in [0, 0.1) is 6.57 Å². The fraction of sp³-hybridized carbons (Fsp3) is 0.455. The molecule has 0 spiro atoms. The zero-order chi connectivity index (χ0) is 31.0. The number of anilines is 2. The van der Waals surface area contributed by atoms with Gasteiger partial charge in [0.1, 0.15) is 18.5 Å². The number of halogens is 2. The van der Waals surface area contributed by atoms with Crippen LogP contribution in [0.15, 0.2) is 48.8 Å². The predicted molar refractivity (Wildman–Crippen MR) is 171 cm³/mol. The van der Waals surface area contributed by atoms with Gasteiger partial charge in [-0.05, 0) is 44.2 Å². The lowest BCUT2D eigenvalue weighted by atomic mass is 10.0. The van der Waals surface area contributed by atoms with E-state index >= 15 is 0 Å². The van der Waals surface area contributed by atoms with Gasteiger partial charge in [0.05, 0.1) is 17.3 Å². The minimum atomic E-state index is -1.01. The number of fused-ring (bicyclic) bond motifs is 2. The molecule has 3 aromatic rings. The van der Waals surface area contributed by atoms with E-state index in [9.17, 15) is 9.18 Å². The zero-order valence-electron chi connectivity index (χ0n) is 25.2. The number of nitrogens with zero attached hydrogens (tertiary/aromatic N) is 7. The molecule has 1 aromatic heterocycles. The number of aromatic nitrogens is 2. The number of ether oxygens (including phenoxy) is 1. The summed E-state index contributed by atoms with van der Waals surface area (Å²) in [6.07, 6.45) is 1.77. The van der Waals surface area contributed by atoms with Gasteiger partial charge in [-0.3, -0.25) is 9.69 Å². The smallest absolute Gasteiger partial charge is 0.318 e. The fourth-order valence-corrected chi connectivity index (χ4v) is 6.96. The number of amides is 1. The van der Waals surface area contributed by atoms with E-state index in [1.165, 1.54) is 4.90 Å². The summed E-state index contributed by atoms with van der Waals surface area (Å²) in [6, 6.07) is 12.8. The van der Waals surface area contributed by atoms with E-state index in [1.807, 2.05) is 18.2 Å². The van der Waals surface area contributed by atoms with Crippen LogP contribution >= 0.6 is 11.6 Å². The van der Waals surface area contributed by atoms with Gasteiger partial charge in [-0.15, -0.1) is 0 Å². The van der Waals surface area contributed by atoms with Gasteiger partial charge in [-0.1, -0.05) is 42.4 Å². The largest absolute Gasteiger partial charge is 0.462 e. The molecule has 0 bridgehead atoms. The van der Waals surface area contributed by atoms with Crippen LogP contribution in [0.4, 0.5) is 15.9 Å². The van der Waals surface area contributed by atoms with Gasteiger partial charge in [0.15, 0.2) is 5.83 Å². The highest BCUT2D eigenvalue weighted by atomic mass is 35.5. The van der Waals surface area contributed by atoms with Crippen molar-refractivity contribution in [1.29, 1.82) is 0 Å². The molecule has 6 rings (SSSR count). The summed E-state index contributed by atoms with van der Waals surface area (Å²) in [5.41, 5.74) is 2.97. The molecule has 11 heteroatoms. The second-order valence-electron chi connectivity index (χ2n) is 12.0. The van der Waals surface area contributed by atoms with Gasteiger partial charge in [0.25, 0.3) is 5.91 Å². The summed E-state index contributed by atoms with van der Waals surface area (Å²) >= 11 is 6.69. The highest BCUT2D eigenvalue weighted by Crippen LogP contribution is 2.37. The molecule has 2 saturated heterocycles. The van der Waals surface area contributed by atoms with Crippen molar-refractivity contribution in [3.05, 3.63) is 76.5 Å². The Morgan fingerprint density at radius 1 is 1.14 bits per heavy atom. The van der Waals surface area contributed by atoms with Crippen LogP contribution in [0.1, 0.15) is 31.5 Å². The Morgan fingerprint density at radius 3 is 2.64 bits per heavy atom. The molecule has 230 valence electrons. The summed E-state index contributed by atoms with van der Waals surface area (Å²) in [4.78, 5) is 34.2. The normalized spacial score (nSPS) is 20.3. The number of rotatable bonds is 8. The van der Waals surface area contributed by atoms with E-state index in [-0.39, 0.29) is 13.1 Å². The Kier molecular flexibility index (Phi) is 8.61. The first-order valence-electron chi connectivity index (χ1n) is 15.2. The Morgan fingerprint density at radius 2 is 1.93 bits per heavy atom. The summed E-state index contributed by atoms with van der Waals surface area (Å²) < 4.78 is 20.1. The van der Waals surface area contributed by atoms with Crippen molar-refractivity contribution < 1.29 is 13.9 Å². The Bertz CT molecular complexity index is 1620. The third-order valence-electron chi connectivity index (χ3n) is 9.03. The van der Waals surface area contributed by atoms with Crippen molar-refractivity contribution >= 4 is 39.8 Å². The van der Waals surface area contributed by atoms with Crippen LogP contribution in [0.3, 0.4) is 0 Å². The van der Waals surface area contributed by atoms with Crippen LogP contribution in [0.2, 0.25) is 5.02 Å². The Hall–Kier alpha value is -3.94. The maximum Gasteiger partial charge on any atom is 0.318 e. The van der Waals surface area contributed by atoms with Crippen molar-refractivity contribution in [2.45, 2.75) is 51.4 Å². The summed E-state index contributed by atoms with van der Waals surface area (Å²) in [5, 5.41) is 2.81. The maximum atomic E-state index is 13.8. The zero-order valence-corrected chi connectivity index (χ0v) is 25.9. The molecule has 0 N–H and O–H groups in total. The topological polar surface area (TPSA) is 69.4 Å². The highest BCUT2D eigenvalue weighted by Gasteiger charge is 2.37. The van der Waals surface area contributed by atoms with Crippen LogP contribution < -0.4 is 14.5 Å². The maximum absolute atomic E-state index is 13.8. The molecule has 2 aromatic carbocycles. The van der Waals surface area contributed by atoms with Crippen LogP contribution in [0.25, 0.3) is 15.6 Å². The number of piperazine rings is 1. The number of likely N-dealkylation sites (tertiary alicyclic amines) is 1. The van der Waals surface area contributed by atoms with E-state index in [4.69, 9.17) is 32.9 Å². The van der Waals surface area contributed by atoms with E-state index in [0.717, 1.165) is 53.0 Å². The monoisotopic (exact) mass is 617 g/mol. The van der Waals surface area contributed by atoms with E-state index in [0.29, 0.717) is 55.8 Å². The SMILES string of the molecule is [C-]#[N+]C[C@H]1CN(c2nc(OCC3CCN3C(C)C)nc3c2CCN(c2cccc4cccc(Cl)c24)C3)CCN1C(=O)C(=C)F. The average Bonchev–Trinajstić information content (AvgIpc) is 2.99. The molecule has 4 heterocycles. The minimum Gasteiger partial charge on any atom is -0.462 e. The molecule has 0 aliphatic carbocycles. The number of benzene rings is 2. The number of hydrogen-bond acceptors (Lipinski definition) is 7. The van der Waals surface area contributed by atoms with Crippen LogP contribution in [-0.2, 0) is 17.8 Å². The van der Waals surface area contributed by atoms with Crippen LogP contribution in [0.5, 0.6) is 6.01 Å². The van der Waals surface area contributed by atoms with E-state index in [2.05, 4.69) is 58.2 Å². The van der Waals surface area contributed by atoms with Gasteiger partial charge in [-0.25, -0.2) is 11.0 Å². The first-order chi connectivity index (χ1) is 21.2. The van der Waals surface area contributed by atoms with Gasteiger partial charge in [0.2, 0.25) is 6.54 Å². The van der Waals surface area contributed by atoms with Crippen molar-refractivity contribution in [3.8, 4) is 6.01 Å². The van der Waals surface area contributed by atoms with Crippen molar-refractivity contribution in [2.75, 3.05) is 55.7 Å². The van der Waals surface area contributed by atoms with E-state index in [1.54, 1.807) is 0 Å². The molecular formula is C33H37ClFN7O2. The van der Waals surface area contributed by atoms with Crippen molar-refractivity contribution in [2.24, 2.45) is 0 Å². The van der Waals surface area contributed by atoms with Crippen LogP contribution in [-0.4, -0.2) is 89.7 Å². The molecule has 3 aliphatic rings. The lowest BCUT2D eigenvalue weighted by molar-refractivity contribution is -0.131. The number of carbonyl (C=O) groups excluding carboxylic acids is 1. The Balaban J connectivity index is 1.33. The molecule has 3 aliphatic heterocycles. The quantitative estimate of drug-likeness (QED) is 0.257. The molecular weight excluding hydrogens is 581 g/mol. The van der Waals surface area contributed by atoms with Gasteiger partial charge in [0, 0.05) is 61.4 Å². The molecule has 2 fully saturated rings. The lowest BCUT2D eigenvalue weighted by Gasteiger charge is -2.43. The summed E-state index contributed by atoms with van der Waals surface area (Å²) in [6.45, 7) is 19.0. The first-order valence-corrected chi connectivity index (χ1v) is 15.6. The molecule has 0 radical (unpaired) electrons. The lowest BCUT2D eigenvalue weighted by Crippen LogP contribution is -2.57. The van der Waals surface area contributed by atoms with Gasteiger partial charge < -0.3 is 24.3 Å². The highest BCUT2D eigenvalue weighted by molar-refractivity contribution is 6.36. The molecule has 1 amide bonds. The van der Waals surface area contributed by atoms with Crippen molar-refractivity contribution in [1.82, 2.24) is 19.8 Å². The predicted octanol–water partition coefficient (Wildman–Crippen LogP) is 5.13. The van der Waals surface area contributed by atoms with Crippen molar-refractivity contribution in [3.63, 3.8) is 0 Å².